The summed E-state index contributed by atoms with van der Waals surface area (Å²) in [6.45, 7) is 4.20. The lowest BCUT2D eigenvalue weighted by Gasteiger charge is -2.45. The SMILES string of the molecule is CC(=O)OCC1OC(n2c(=O)ccc3ccccc32)C(OC(C)=O)C(OC(C)=O)C1OC(C)=O. The number of hydrogen-bond acceptors (Lipinski definition) is 10. The van der Waals surface area contributed by atoms with E-state index in [1.807, 2.05) is 0 Å². The molecule has 1 aliphatic heterocycles. The van der Waals surface area contributed by atoms with Gasteiger partial charge >= 0.3 is 23.9 Å². The van der Waals surface area contributed by atoms with E-state index in [0.29, 0.717) is 10.9 Å². The highest BCUT2D eigenvalue weighted by atomic mass is 16.7. The topological polar surface area (TPSA) is 136 Å². The first-order valence-corrected chi connectivity index (χ1v) is 10.5. The van der Waals surface area contributed by atoms with Crippen molar-refractivity contribution in [1.82, 2.24) is 4.57 Å². The second-order valence-corrected chi connectivity index (χ2v) is 7.69. The Hall–Kier alpha value is -3.73. The van der Waals surface area contributed by atoms with Crippen LogP contribution in [0.4, 0.5) is 0 Å². The van der Waals surface area contributed by atoms with Crippen LogP contribution in [0, 0.1) is 0 Å². The Kier molecular flexibility index (Phi) is 7.67. The maximum Gasteiger partial charge on any atom is 0.303 e. The third-order valence-electron chi connectivity index (χ3n) is 5.06. The fourth-order valence-electron chi connectivity index (χ4n) is 3.88. The molecule has 0 bridgehead atoms. The number of rotatable bonds is 6. The lowest BCUT2D eigenvalue weighted by molar-refractivity contribution is -0.268. The Labute approximate surface area is 194 Å². The van der Waals surface area contributed by atoms with E-state index in [1.54, 1.807) is 30.3 Å². The molecule has 1 fully saturated rings. The van der Waals surface area contributed by atoms with Gasteiger partial charge in [0.25, 0.3) is 5.56 Å². The van der Waals surface area contributed by atoms with Crippen molar-refractivity contribution in [2.24, 2.45) is 0 Å². The minimum Gasteiger partial charge on any atom is -0.463 e. The van der Waals surface area contributed by atoms with Crippen molar-refractivity contribution in [3.05, 3.63) is 46.8 Å². The number of fused-ring (bicyclic) bond motifs is 1. The van der Waals surface area contributed by atoms with Crippen molar-refractivity contribution >= 4 is 34.8 Å². The summed E-state index contributed by atoms with van der Waals surface area (Å²) in [5.41, 5.74) is -0.0319. The van der Waals surface area contributed by atoms with E-state index >= 15 is 0 Å². The van der Waals surface area contributed by atoms with Crippen LogP contribution in [-0.2, 0) is 42.9 Å². The zero-order valence-corrected chi connectivity index (χ0v) is 19.1. The molecule has 1 saturated heterocycles. The largest absolute Gasteiger partial charge is 0.463 e. The van der Waals surface area contributed by atoms with Crippen LogP contribution >= 0.6 is 0 Å². The number of pyridine rings is 1. The number of hydrogen-bond donors (Lipinski definition) is 0. The first-order valence-electron chi connectivity index (χ1n) is 10.5. The molecule has 0 saturated carbocycles. The summed E-state index contributed by atoms with van der Waals surface area (Å²) in [5.74, 6) is -2.86. The number of carbonyl (C=O) groups excluding carboxylic acids is 4. The molecule has 5 atom stereocenters. The molecule has 2 aromatic rings. The van der Waals surface area contributed by atoms with Crippen LogP contribution < -0.4 is 5.56 Å². The van der Waals surface area contributed by atoms with E-state index < -0.39 is 60.1 Å². The molecular weight excluding hydrogens is 450 g/mol. The molecule has 0 radical (unpaired) electrons. The first-order chi connectivity index (χ1) is 16.1. The van der Waals surface area contributed by atoms with Crippen LogP contribution in [-0.4, -0.2) is 59.5 Å². The molecule has 11 heteroatoms. The van der Waals surface area contributed by atoms with Crippen molar-refractivity contribution in [3.8, 4) is 0 Å². The van der Waals surface area contributed by atoms with Gasteiger partial charge in [-0.25, -0.2) is 0 Å². The second-order valence-electron chi connectivity index (χ2n) is 7.69. The third-order valence-corrected chi connectivity index (χ3v) is 5.06. The second kappa shape index (κ2) is 10.5. The number of aromatic nitrogens is 1. The van der Waals surface area contributed by atoms with Gasteiger partial charge in [0, 0.05) is 33.8 Å². The van der Waals surface area contributed by atoms with Gasteiger partial charge in [0.2, 0.25) is 0 Å². The van der Waals surface area contributed by atoms with Crippen LogP contribution in [0.25, 0.3) is 10.9 Å². The highest BCUT2D eigenvalue weighted by Crippen LogP contribution is 2.35. The Morgan fingerprint density at radius 2 is 1.38 bits per heavy atom. The van der Waals surface area contributed by atoms with E-state index in [1.165, 1.54) is 17.6 Å². The molecule has 0 N–H and O–H groups in total. The zero-order valence-electron chi connectivity index (χ0n) is 19.1. The van der Waals surface area contributed by atoms with Gasteiger partial charge in [-0.2, -0.15) is 0 Å². The van der Waals surface area contributed by atoms with Crippen LogP contribution in [0.5, 0.6) is 0 Å². The fraction of sp³-hybridized carbons (Fsp3) is 0.435. The van der Waals surface area contributed by atoms with Crippen molar-refractivity contribution < 1.29 is 42.9 Å². The summed E-state index contributed by atoms with van der Waals surface area (Å²) < 4.78 is 28.7. The lowest BCUT2D eigenvalue weighted by atomic mass is 9.96. The fourth-order valence-corrected chi connectivity index (χ4v) is 3.88. The standard InChI is InChI=1S/C23H25NO10/c1-12(25)30-11-18-20(31-13(2)26)21(32-14(3)27)22(33-15(4)28)23(34-18)24-17-8-6-5-7-16(17)9-10-19(24)29/h5-10,18,20-23H,11H2,1-4H3. The molecule has 0 amide bonds. The van der Waals surface area contributed by atoms with Crippen LogP contribution in [0.2, 0.25) is 0 Å². The molecule has 0 aliphatic carbocycles. The normalized spacial score (nSPS) is 24.2. The minimum absolute atomic E-state index is 0.381. The van der Waals surface area contributed by atoms with Gasteiger partial charge in [0.05, 0.1) is 5.52 Å². The van der Waals surface area contributed by atoms with Gasteiger partial charge < -0.3 is 23.7 Å². The molecule has 182 valence electrons. The molecule has 0 spiro atoms. The molecule has 11 nitrogen and oxygen atoms in total. The van der Waals surface area contributed by atoms with E-state index in [-0.39, 0.29) is 6.61 Å². The van der Waals surface area contributed by atoms with Crippen molar-refractivity contribution in [2.45, 2.75) is 58.3 Å². The van der Waals surface area contributed by atoms with Crippen LogP contribution in [0.15, 0.2) is 41.2 Å². The average molecular weight is 475 g/mol. The number of para-hydroxylation sites is 1. The van der Waals surface area contributed by atoms with E-state index in [4.69, 9.17) is 23.7 Å². The number of esters is 4. The van der Waals surface area contributed by atoms with E-state index in [0.717, 1.165) is 20.8 Å². The summed E-state index contributed by atoms with van der Waals surface area (Å²) in [6.07, 6.45) is -6.50. The summed E-state index contributed by atoms with van der Waals surface area (Å²) >= 11 is 0. The summed E-state index contributed by atoms with van der Waals surface area (Å²) in [4.78, 5) is 60.3. The maximum atomic E-state index is 13.0. The van der Waals surface area contributed by atoms with Gasteiger partial charge in [-0.05, 0) is 17.5 Å². The Morgan fingerprint density at radius 3 is 2.00 bits per heavy atom. The van der Waals surface area contributed by atoms with E-state index in [2.05, 4.69) is 0 Å². The molecule has 1 aromatic carbocycles. The van der Waals surface area contributed by atoms with Crippen molar-refractivity contribution in [2.75, 3.05) is 6.61 Å². The number of benzene rings is 1. The Morgan fingerprint density at radius 1 is 0.794 bits per heavy atom. The van der Waals surface area contributed by atoms with Gasteiger partial charge in [-0.3, -0.25) is 28.5 Å². The van der Waals surface area contributed by atoms with Crippen molar-refractivity contribution in [3.63, 3.8) is 0 Å². The van der Waals surface area contributed by atoms with Crippen LogP contribution in [0.1, 0.15) is 33.9 Å². The smallest absolute Gasteiger partial charge is 0.303 e. The number of carbonyl (C=O) groups is 4. The molecule has 1 aliphatic rings. The van der Waals surface area contributed by atoms with Gasteiger partial charge in [-0.1, -0.05) is 18.2 Å². The Balaban J connectivity index is 2.20. The highest BCUT2D eigenvalue weighted by Gasteiger charge is 2.53. The van der Waals surface area contributed by atoms with Gasteiger partial charge in [0.1, 0.15) is 12.7 Å². The molecule has 5 unspecified atom stereocenters. The predicted molar refractivity (Wildman–Crippen MR) is 115 cm³/mol. The number of ether oxygens (including phenoxy) is 5. The van der Waals surface area contributed by atoms with Gasteiger partial charge in [0.15, 0.2) is 24.5 Å². The molecule has 3 rings (SSSR count). The van der Waals surface area contributed by atoms with E-state index in [9.17, 15) is 24.0 Å². The monoisotopic (exact) mass is 475 g/mol. The van der Waals surface area contributed by atoms with Crippen molar-refractivity contribution in [1.29, 1.82) is 0 Å². The Bertz CT molecular complexity index is 1160. The summed E-state index contributed by atoms with van der Waals surface area (Å²) in [7, 11) is 0. The molecule has 34 heavy (non-hydrogen) atoms. The molecular formula is C23H25NO10. The average Bonchev–Trinajstić information content (AvgIpc) is 2.74. The van der Waals surface area contributed by atoms with Gasteiger partial charge in [-0.15, -0.1) is 0 Å². The predicted octanol–water partition coefficient (Wildman–Crippen LogP) is 1.26. The lowest BCUT2D eigenvalue weighted by Crippen LogP contribution is -2.61. The quantitative estimate of drug-likeness (QED) is 0.443. The van der Waals surface area contributed by atoms with Crippen LogP contribution in [0.3, 0.4) is 0 Å². The summed E-state index contributed by atoms with van der Waals surface area (Å²) in [5, 5.41) is 0.690. The number of nitrogens with zero attached hydrogens (tertiary/aromatic N) is 1. The molecule has 1 aromatic heterocycles. The molecule has 2 heterocycles. The zero-order chi connectivity index (χ0) is 25.0. The minimum atomic E-state index is -1.37. The highest BCUT2D eigenvalue weighted by molar-refractivity contribution is 5.79. The maximum absolute atomic E-state index is 13.0. The first kappa shape index (κ1) is 24.9. The third kappa shape index (κ3) is 5.60. The summed E-state index contributed by atoms with van der Waals surface area (Å²) in [6, 6.07) is 9.88.